The highest BCUT2D eigenvalue weighted by Gasteiger charge is 2.21. The van der Waals surface area contributed by atoms with Crippen molar-refractivity contribution in [2.75, 3.05) is 12.3 Å². The van der Waals surface area contributed by atoms with Crippen molar-refractivity contribution >= 4 is 39.1 Å². The lowest BCUT2D eigenvalue weighted by Crippen LogP contribution is -2.09. The zero-order chi connectivity index (χ0) is 13.3. The molecule has 0 saturated carbocycles. The molecule has 6 nitrogen and oxygen atoms in total. The lowest BCUT2D eigenvalue weighted by atomic mass is 10.4. The Morgan fingerprint density at radius 3 is 2.94 bits per heavy atom. The topological polar surface area (TPSA) is 83.0 Å². The molecule has 18 heavy (non-hydrogen) atoms. The fraction of sp³-hybridized carbons (Fsp3) is 0.300. The van der Waals surface area contributed by atoms with Crippen molar-refractivity contribution in [1.82, 2.24) is 14.5 Å². The normalized spacial score (nSPS) is 10.6. The molecule has 0 amide bonds. The first-order valence-electron chi connectivity index (χ1n) is 5.18. The molecule has 96 valence electrons. The highest BCUT2D eigenvalue weighted by molar-refractivity contribution is 9.11. The van der Waals surface area contributed by atoms with E-state index in [0.29, 0.717) is 11.0 Å². The fourth-order valence-corrected chi connectivity index (χ4v) is 2.73. The van der Waals surface area contributed by atoms with Gasteiger partial charge in [0.25, 0.3) is 0 Å². The Morgan fingerprint density at radius 1 is 1.67 bits per heavy atom. The summed E-state index contributed by atoms with van der Waals surface area (Å²) in [6.07, 6.45) is 1.67. The van der Waals surface area contributed by atoms with Crippen LogP contribution in [0.2, 0.25) is 0 Å². The Hall–Kier alpha value is -1.41. The van der Waals surface area contributed by atoms with Crippen molar-refractivity contribution in [3.05, 3.63) is 21.5 Å². The Morgan fingerprint density at radius 2 is 2.39 bits per heavy atom. The molecule has 8 heteroatoms. The number of halogens is 1. The molecule has 2 heterocycles. The van der Waals surface area contributed by atoms with Gasteiger partial charge in [0.2, 0.25) is 0 Å². The number of imidazole rings is 1. The third-order valence-corrected chi connectivity index (χ3v) is 3.67. The second kappa shape index (κ2) is 5.07. The van der Waals surface area contributed by atoms with Gasteiger partial charge in [-0.05, 0) is 29.8 Å². The minimum Gasteiger partial charge on any atom is -0.461 e. The number of carbonyl (C=O) groups excluding carboxylic acids is 1. The lowest BCUT2D eigenvalue weighted by molar-refractivity contribution is 0.0521. The van der Waals surface area contributed by atoms with Gasteiger partial charge in [0.1, 0.15) is 11.6 Å². The van der Waals surface area contributed by atoms with E-state index in [9.17, 15) is 4.79 Å². The Kier molecular flexibility index (Phi) is 3.67. The van der Waals surface area contributed by atoms with Crippen molar-refractivity contribution in [3.8, 4) is 5.13 Å². The number of hydrogen-bond acceptors (Lipinski definition) is 6. The average Bonchev–Trinajstić information content (AvgIpc) is 2.83. The van der Waals surface area contributed by atoms with Crippen LogP contribution in [0.15, 0.2) is 9.98 Å². The van der Waals surface area contributed by atoms with Gasteiger partial charge in [-0.3, -0.25) is 4.57 Å². The maximum Gasteiger partial charge on any atom is 0.360 e. The van der Waals surface area contributed by atoms with E-state index in [4.69, 9.17) is 10.5 Å². The molecule has 0 aliphatic rings. The van der Waals surface area contributed by atoms with E-state index in [1.165, 1.54) is 11.3 Å². The number of nitrogen functional groups attached to an aromatic ring is 1. The number of carbonyl (C=O) groups is 1. The third-order valence-electron chi connectivity index (χ3n) is 2.21. The number of ether oxygens (including phenoxy) is 1. The molecule has 0 aliphatic heterocycles. The van der Waals surface area contributed by atoms with Gasteiger partial charge >= 0.3 is 5.97 Å². The highest BCUT2D eigenvalue weighted by Crippen LogP contribution is 2.27. The van der Waals surface area contributed by atoms with Crippen molar-refractivity contribution < 1.29 is 9.53 Å². The van der Waals surface area contributed by atoms with Crippen LogP contribution in [-0.2, 0) is 4.74 Å². The number of rotatable bonds is 3. The van der Waals surface area contributed by atoms with E-state index in [0.717, 1.165) is 3.79 Å². The molecule has 2 rings (SSSR count). The number of nitrogens with two attached hydrogens (primary N) is 1. The first-order valence-corrected chi connectivity index (χ1v) is 6.79. The van der Waals surface area contributed by atoms with Crippen LogP contribution in [0, 0.1) is 6.92 Å². The standard InChI is InChI=1S/C10H11BrN4O2S/c1-3-17-9(16)7-8(12)15(5(2)14-7)10-13-4-6(11)18-10/h4H,3,12H2,1-2H3. The minimum absolute atomic E-state index is 0.126. The molecule has 0 spiro atoms. The molecule has 0 bridgehead atoms. The molecule has 0 unspecified atom stereocenters. The summed E-state index contributed by atoms with van der Waals surface area (Å²) >= 11 is 4.73. The van der Waals surface area contributed by atoms with Gasteiger partial charge in [0.05, 0.1) is 16.6 Å². The average molecular weight is 331 g/mol. The largest absolute Gasteiger partial charge is 0.461 e. The van der Waals surface area contributed by atoms with Crippen LogP contribution in [0.25, 0.3) is 5.13 Å². The number of esters is 1. The Labute approximate surface area is 116 Å². The minimum atomic E-state index is -0.521. The van der Waals surface area contributed by atoms with Crippen LogP contribution in [0.5, 0.6) is 0 Å². The van der Waals surface area contributed by atoms with Crippen LogP contribution in [0.4, 0.5) is 5.82 Å². The van der Waals surface area contributed by atoms with Gasteiger partial charge in [-0.2, -0.15) is 0 Å². The van der Waals surface area contributed by atoms with Crippen LogP contribution in [-0.4, -0.2) is 27.1 Å². The molecule has 0 atom stereocenters. The molecule has 0 fully saturated rings. The lowest BCUT2D eigenvalue weighted by Gasteiger charge is -2.02. The van der Waals surface area contributed by atoms with Gasteiger partial charge in [-0.25, -0.2) is 14.8 Å². The highest BCUT2D eigenvalue weighted by atomic mass is 79.9. The molecule has 2 N–H and O–H groups in total. The second-order valence-corrected chi connectivity index (χ2v) is 5.78. The van der Waals surface area contributed by atoms with Crippen molar-refractivity contribution in [1.29, 1.82) is 0 Å². The number of thiazole rings is 1. The van der Waals surface area contributed by atoms with E-state index < -0.39 is 5.97 Å². The van der Waals surface area contributed by atoms with E-state index in [2.05, 4.69) is 25.9 Å². The zero-order valence-corrected chi connectivity index (χ0v) is 12.2. The molecule has 0 radical (unpaired) electrons. The van der Waals surface area contributed by atoms with Crippen molar-refractivity contribution in [2.45, 2.75) is 13.8 Å². The van der Waals surface area contributed by atoms with Gasteiger partial charge in [0, 0.05) is 0 Å². The van der Waals surface area contributed by atoms with Gasteiger partial charge in [-0.1, -0.05) is 11.3 Å². The summed E-state index contributed by atoms with van der Waals surface area (Å²) in [5, 5.41) is 0.653. The second-order valence-electron chi connectivity index (χ2n) is 3.40. The predicted molar refractivity (Wildman–Crippen MR) is 72.0 cm³/mol. The smallest absolute Gasteiger partial charge is 0.360 e. The molecule has 2 aromatic rings. The quantitative estimate of drug-likeness (QED) is 0.872. The van der Waals surface area contributed by atoms with E-state index in [1.807, 2.05) is 0 Å². The first-order chi connectivity index (χ1) is 8.54. The summed E-state index contributed by atoms with van der Waals surface area (Å²) in [6, 6.07) is 0. The molecule has 2 aromatic heterocycles. The molecular weight excluding hydrogens is 320 g/mol. The summed E-state index contributed by atoms with van der Waals surface area (Å²) in [6.45, 7) is 3.78. The number of nitrogens with zero attached hydrogens (tertiary/aromatic N) is 3. The predicted octanol–water partition coefficient (Wildman–Crippen LogP) is 2.16. The van der Waals surface area contributed by atoms with E-state index in [1.54, 1.807) is 24.6 Å². The SMILES string of the molecule is CCOC(=O)c1nc(C)n(-c2ncc(Br)s2)c1N. The number of hydrogen-bond donors (Lipinski definition) is 1. The van der Waals surface area contributed by atoms with Crippen LogP contribution in [0.3, 0.4) is 0 Å². The molecule has 0 aliphatic carbocycles. The van der Waals surface area contributed by atoms with Gasteiger partial charge < -0.3 is 10.5 Å². The van der Waals surface area contributed by atoms with Gasteiger partial charge in [0.15, 0.2) is 10.8 Å². The summed E-state index contributed by atoms with van der Waals surface area (Å²) in [7, 11) is 0. The maximum atomic E-state index is 11.7. The first kappa shape index (κ1) is 13.0. The Balaban J connectivity index is 2.47. The fourth-order valence-electron chi connectivity index (χ4n) is 1.49. The number of aromatic nitrogens is 3. The van der Waals surface area contributed by atoms with Gasteiger partial charge in [-0.15, -0.1) is 0 Å². The molecule has 0 aromatic carbocycles. The van der Waals surface area contributed by atoms with E-state index in [-0.39, 0.29) is 18.1 Å². The summed E-state index contributed by atoms with van der Waals surface area (Å²) < 4.78 is 7.40. The summed E-state index contributed by atoms with van der Waals surface area (Å²) in [5.74, 6) is 0.317. The van der Waals surface area contributed by atoms with Crippen LogP contribution in [0.1, 0.15) is 23.2 Å². The maximum absolute atomic E-state index is 11.7. The summed E-state index contributed by atoms with van der Waals surface area (Å²) in [5.41, 5.74) is 6.05. The van der Waals surface area contributed by atoms with Crippen LogP contribution < -0.4 is 5.73 Å². The Bertz CT molecular complexity index is 593. The molecular formula is C10H11BrN4O2S. The summed E-state index contributed by atoms with van der Waals surface area (Å²) in [4.78, 5) is 20.0. The third kappa shape index (κ3) is 2.25. The number of aryl methyl sites for hydroxylation is 1. The zero-order valence-electron chi connectivity index (χ0n) is 9.81. The molecule has 0 saturated heterocycles. The number of anilines is 1. The monoisotopic (exact) mass is 330 g/mol. The van der Waals surface area contributed by atoms with E-state index >= 15 is 0 Å². The van der Waals surface area contributed by atoms with Crippen molar-refractivity contribution in [3.63, 3.8) is 0 Å². The van der Waals surface area contributed by atoms with Crippen LogP contribution >= 0.6 is 27.3 Å². The van der Waals surface area contributed by atoms with Crippen molar-refractivity contribution in [2.24, 2.45) is 0 Å².